The summed E-state index contributed by atoms with van der Waals surface area (Å²) in [6, 6.07) is 1.71. The Kier molecular flexibility index (Phi) is 9.21. The van der Waals surface area contributed by atoms with Crippen molar-refractivity contribution in [3.8, 4) is 17.2 Å². The lowest BCUT2D eigenvalue weighted by Crippen LogP contribution is -2.58. The topological polar surface area (TPSA) is 192 Å². The molecule has 5 atom stereocenters. The maximum Gasteiger partial charge on any atom is 0.408 e. The van der Waals surface area contributed by atoms with E-state index in [1.807, 2.05) is 24.3 Å². The molecule has 0 unspecified atom stereocenters. The number of allylic oxidation sites excluding steroid dienone is 1. The zero-order valence-corrected chi connectivity index (χ0v) is 34.4. The summed E-state index contributed by atoms with van der Waals surface area (Å²) < 4.78 is 52.2. The van der Waals surface area contributed by atoms with E-state index in [9.17, 15) is 27.6 Å². The fraction of sp³-hybridized carbons (Fsp3) is 0.643. The summed E-state index contributed by atoms with van der Waals surface area (Å²) in [6.07, 6.45) is 10.5. The number of carbonyl (C=O) groups is 4. The third-order valence-electron chi connectivity index (χ3n) is 13.0. The summed E-state index contributed by atoms with van der Waals surface area (Å²) in [5.74, 6) is -0.137. The standard InChI is InChI=1S/C42H53N5O10S/c1-39(2,3)57-38(51)44-28-11-9-7-5-6-8-10-25-20-42(25,37(50)46-58(52,53)40(4)18-19-40)45-35(48)29-21-41(22-47(29)36(28)49)17-16-26-31-27(14-15-30-34(31)55-23-54-30)43-32(24-12-13-24)33(26)56-41/h8,10,14-15,24-25,28-29H,5-7,9,11-13,16-23H2,1-4H3,(H,44,51)(H,45,48)(H,46,50)/b10-8-/t25-,28-,29-,41+,42+/m0/s1. The minimum Gasteiger partial charge on any atom is -0.483 e. The number of benzene rings is 1. The number of fused-ring (bicyclic) bond motifs is 7. The number of aryl methyl sites for hydroxylation is 1. The molecule has 1 spiro atoms. The Hall–Kier alpha value is -4.60. The van der Waals surface area contributed by atoms with E-state index < -0.39 is 73.3 Å². The highest BCUT2D eigenvalue weighted by Crippen LogP contribution is 2.54. The molecule has 0 bridgehead atoms. The second-order valence-corrected chi connectivity index (χ2v) is 20.9. The van der Waals surface area contributed by atoms with Crippen molar-refractivity contribution in [3.63, 3.8) is 0 Å². The van der Waals surface area contributed by atoms with Crippen molar-refractivity contribution in [2.45, 2.75) is 151 Å². The Morgan fingerprint density at radius 2 is 1.81 bits per heavy atom. The van der Waals surface area contributed by atoms with Gasteiger partial charge in [-0.15, -0.1) is 0 Å². The van der Waals surface area contributed by atoms with E-state index in [4.69, 9.17) is 23.9 Å². The predicted octanol–water partition coefficient (Wildman–Crippen LogP) is 4.79. The number of hydrogen-bond acceptors (Lipinski definition) is 11. The van der Waals surface area contributed by atoms with Gasteiger partial charge in [0.2, 0.25) is 28.6 Å². The van der Waals surface area contributed by atoms with E-state index in [1.165, 1.54) is 4.90 Å². The summed E-state index contributed by atoms with van der Waals surface area (Å²) in [5, 5.41) is 6.62. The molecule has 9 rings (SSSR count). The number of pyridine rings is 1. The predicted molar refractivity (Wildman–Crippen MR) is 211 cm³/mol. The molecule has 3 aliphatic carbocycles. The van der Waals surface area contributed by atoms with Gasteiger partial charge in [-0.3, -0.25) is 19.1 Å². The van der Waals surface area contributed by atoms with Crippen LogP contribution in [-0.4, -0.2) is 89.0 Å². The Morgan fingerprint density at radius 3 is 2.55 bits per heavy atom. The zero-order chi connectivity index (χ0) is 40.8. The normalized spacial score (nSPS) is 30.8. The quantitative estimate of drug-likeness (QED) is 0.352. The molecule has 1 saturated heterocycles. The van der Waals surface area contributed by atoms with E-state index in [0.29, 0.717) is 62.2 Å². The van der Waals surface area contributed by atoms with E-state index in [2.05, 4.69) is 15.4 Å². The molecule has 3 saturated carbocycles. The second kappa shape index (κ2) is 13.7. The van der Waals surface area contributed by atoms with Crippen molar-refractivity contribution in [3.05, 3.63) is 35.5 Å². The van der Waals surface area contributed by atoms with Gasteiger partial charge in [-0.1, -0.05) is 25.0 Å². The monoisotopic (exact) mass is 819 g/mol. The number of carbonyl (C=O) groups excluding carboxylic acids is 4. The highest BCUT2D eigenvalue weighted by molar-refractivity contribution is 7.91. The number of amides is 4. The number of aromatic nitrogens is 1. The van der Waals surface area contributed by atoms with E-state index >= 15 is 0 Å². The molecule has 1 aromatic carbocycles. The highest BCUT2D eigenvalue weighted by atomic mass is 32.2. The van der Waals surface area contributed by atoms with Gasteiger partial charge in [-0.05, 0) is 104 Å². The molecular weight excluding hydrogens is 767 g/mol. The van der Waals surface area contributed by atoms with Gasteiger partial charge in [0, 0.05) is 23.8 Å². The molecule has 4 amide bonds. The molecule has 7 aliphatic rings. The molecule has 16 heteroatoms. The Labute approximate surface area is 338 Å². The molecule has 15 nitrogen and oxygen atoms in total. The van der Waals surface area contributed by atoms with Crippen LogP contribution in [0.1, 0.15) is 122 Å². The van der Waals surface area contributed by atoms with Crippen molar-refractivity contribution < 1.29 is 46.5 Å². The molecule has 1 aromatic heterocycles. The van der Waals surface area contributed by atoms with Crippen LogP contribution in [0.25, 0.3) is 10.9 Å². The van der Waals surface area contributed by atoms with Crippen molar-refractivity contribution in [2.24, 2.45) is 5.92 Å². The molecule has 3 N–H and O–H groups in total. The lowest BCUT2D eigenvalue weighted by atomic mass is 9.86. The summed E-state index contributed by atoms with van der Waals surface area (Å²) in [5.41, 5.74) is -0.740. The molecule has 58 heavy (non-hydrogen) atoms. The van der Waals surface area contributed by atoms with Gasteiger partial charge < -0.3 is 34.5 Å². The van der Waals surface area contributed by atoms with Gasteiger partial charge in [0.25, 0.3) is 5.91 Å². The molecule has 4 aliphatic heterocycles. The SMILES string of the molecule is CC(C)(C)OC(=O)N[C@H]1CCCCC/C=C\[C@H]2C[C@@]2(C(=O)NS(=O)(=O)C2(C)CC2)NC(=O)[C@@H]2C[C@]3(CCc4c(c(C5CC5)nc5ccc6c(c45)OCO6)O3)CN2C1=O. The first-order chi connectivity index (χ1) is 27.5. The maximum atomic E-state index is 14.9. The van der Waals surface area contributed by atoms with Crippen LogP contribution >= 0.6 is 0 Å². The first kappa shape index (κ1) is 38.9. The van der Waals surface area contributed by atoms with Gasteiger partial charge >= 0.3 is 6.09 Å². The molecule has 5 heterocycles. The molecular formula is C42H53N5O10S. The first-order valence-corrected chi connectivity index (χ1v) is 22.3. The summed E-state index contributed by atoms with van der Waals surface area (Å²) in [4.78, 5) is 63.5. The van der Waals surface area contributed by atoms with Gasteiger partial charge in [-0.25, -0.2) is 18.2 Å². The largest absolute Gasteiger partial charge is 0.483 e. The molecule has 312 valence electrons. The van der Waals surface area contributed by atoms with E-state index in [-0.39, 0.29) is 32.1 Å². The molecule has 4 fully saturated rings. The van der Waals surface area contributed by atoms with Crippen molar-refractivity contribution in [1.82, 2.24) is 25.2 Å². The van der Waals surface area contributed by atoms with Crippen LogP contribution in [0.2, 0.25) is 0 Å². The lowest BCUT2D eigenvalue weighted by molar-refractivity contribution is -0.141. The van der Waals surface area contributed by atoms with Gasteiger partial charge in [0.1, 0.15) is 34.6 Å². The Bertz CT molecular complexity index is 2230. The average Bonchev–Trinajstić information content (AvgIpc) is 4.12. The summed E-state index contributed by atoms with van der Waals surface area (Å²) >= 11 is 0. The molecule has 2 aromatic rings. The van der Waals surface area contributed by atoms with Crippen LogP contribution in [0.3, 0.4) is 0 Å². The number of alkyl carbamates (subject to hydrolysis) is 1. The van der Waals surface area contributed by atoms with Crippen molar-refractivity contribution in [2.75, 3.05) is 13.3 Å². The third kappa shape index (κ3) is 7.02. The van der Waals surface area contributed by atoms with Crippen LogP contribution in [0.15, 0.2) is 24.3 Å². The van der Waals surface area contributed by atoms with Gasteiger partial charge in [0.05, 0.1) is 27.9 Å². The number of sulfonamides is 1. The Morgan fingerprint density at radius 1 is 1.02 bits per heavy atom. The fourth-order valence-electron chi connectivity index (χ4n) is 9.09. The number of rotatable bonds is 5. The van der Waals surface area contributed by atoms with Crippen LogP contribution in [-0.2, 0) is 35.6 Å². The average molecular weight is 820 g/mol. The summed E-state index contributed by atoms with van der Waals surface area (Å²) in [6.45, 7) is 6.99. The second-order valence-electron chi connectivity index (χ2n) is 18.7. The van der Waals surface area contributed by atoms with Gasteiger partial charge in [0.15, 0.2) is 11.5 Å². The number of hydrogen-bond donors (Lipinski definition) is 3. The number of nitrogens with zero attached hydrogens (tertiary/aromatic N) is 2. The van der Waals surface area contributed by atoms with Crippen molar-refractivity contribution >= 4 is 44.7 Å². The minimum absolute atomic E-state index is 0.0414. The third-order valence-corrected chi connectivity index (χ3v) is 15.1. The first-order valence-electron chi connectivity index (χ1n) is 20.8. The Balaban J connectivity index is 1.08. The number of ether oxygens (including phenoxy) is 4. The zero-order valence-electron chi connectivity index (χ0n) is 33.6. The van der Waals surface area contributed by atoms with Crippen LogP contribution in [0.4, 0.5) is 4.79 Å². The van der Waals surface area contributed by atoms with Crippen LogP contribution in [0, 0.1) is 5.92 Å². The van der Waals surface area contributed by atoms with Crippen molar-refractivity contribution in [1.29, 1.82) is 0 Å². The van der Waals surface area contributed by atoms with Crippen LogP contribution < -0.4 is 29.6 Å². The maximum absolute atomic E-state index is 14.9. The lowest BCUT2D eigenvalue weighted by Gasteiger charge is -2.37. The highest BCUT2D eigenvalue weighted by Gasteiger charge is 2.64. The smallest absolute Gasteiger partial charge is 0.408 e. The molecule has 0 radical (unpaired) electrons. The summed E-state index contributed by atoms with van der Waals surface area (Å²) in [7, 11) is -4.00. The van der Waals surface area contributed by atoms with E-state index in [0.717, 1.165) is 47.8 Å². The number of nitrogens with one attached hydrogen (secondary N) is 3. The van der Waals surface area contributed by atoms with Gasteiger partial charge in [-0.2, -0.15) is 0 Å². The van der Waals surface area contributed by atoms with E-state index in [1.54, 1.807) is 27.7 Å². The minimum atomic E-state index is -4.00. The van der Waals surface area contributed by atoms with Crippen LogP contribution in [0.5, 0.6) is 17.2 Å². The fourth-order valence-corrected chi connectivity index (χ4v) is 10.4.